The van der Waals surface area contributed by atoms with Crippen molar-refractivity contribution in [3.63, 3.8) is 0 Å². The van der Waals surface area contributed by atoms with Crippen LogP contribution < -0.4 is 0 Å². The fraction of sp³-hybridized carbons (Fsp3) is 1.00. The molecule has 1 saturated heterocycles. The van der Waals surface area contributed by atoms with Crippen molar-refractivity contribution in [3.8, 4) is 0 Å². The lowest BCUT2D eigenvalue weighted by molar-refractivity contribution is 0.0549. The van der Waals surface area contributed by atoms with E-state index in [4.69, 9.17) is 9.47 Å². The largest absolute Gasteiger partial charge is 0.323 e. The lowest BCUT2D eigenvalue weighted by atomic mass is 10.8. The summed E-state index contributed by atoms with van der Waals surface area (Å²) >= 11 is 13.0. The van der Waals surface area contributed by atoms with E-state index in [-0.39, 0.29) is 6.79 Å². The van der Waals surface area contributed by atoms with Gasteiger partial charge in [-0.25, -0.2) is 0 Å². The molecule has 0 radical (unpaired) electrons. The van der Waals surface area contributed by atoms with E-state index in [1.807, 2.05) is 0 Å². The van der Waals surface area contributed by atoms with E-state index in [0.29, 0.717) is 0 Å². The molecule has 2 nitrogen and oxygen atoms in total. The van der Waals surface area contributed by atoms with Crippen molar-refractivity contribution >= 4 is 63.7 Å². The maximum absolute atomic E-state index is 5.07. The topological polar surface area (TPSA) is 18.5 Å². The van der Waals surface area contributed by atoms with Crippen LogP contribution in [0.2, 0.25) is 0 Å². The summed E-state index contributed by atoms with van der Waals surface area (Å²) in [6.45, 7) is 0.243. The summed E-state index contributed by atoms with van der Waals surface area (Å²) < 4.78 is 8.80. The summed E-state index contributed by atoms with van der Waals surface area (Å²) in [6.07, 6.45) is 0. The minimum atomic E-state index is -0.674. The van der Waals surface area contributed by atoms with Gasteiger partial charge in [-0.15, -0.1) is 0 Å². The molecule has 1 heterocycles. The molecule has 0 saturated carbocycles. The Hall–Kier alpha value is 1.84. The molecule has 1 aliphatic heterocycles. The van der Waals surface area contributed by atoms with Crippen LogP contribution in [0, 0.1) is 0 Å². The summed E-state index contributed by atoms with van der Waals surface area (Å²) in [7, 11) is 0. The van der Waals surface area contributed by atoms with Crippen molar-refractivity contribution in [2.75, 3.05) is 6.79 Å². The quantitative estimate of drug-likeness (QED) is 0.593. The smallest absolute Gasteiger partial charge is 0.229 e. The highest BCUT2D eigenvalue weighted by Gasteiger charge is 2.52. The van der Waals surface area contributed by atoms with Crippen LogP contribution in [0.15, 0.2) is 0 Å². The number of hydrogen-bond donors (Lipinski definition) is 0. The van der Waals surface area contributed by atoms with Crippen LogP contribution in [0.4, 0.5) is 0 Å². The molecule has 0 amide bonds. The molecule has 0 aliphatic carbocycles. The van der Waals surface area contributed by atoms with Gasteiger partial charge in [-0.3, -0.25) is 0 Å². The fourth-order valence-electron chi connectivity index (χ4n) is 0.346. The Bertz CT molecular complexity index is 109. The first-order chi connectivity index (χ1) is 3.96. The molecular weight excluding hydrogens is 388 g/mol. The molecule has 9 heavy (non-hydrogen) atoms. The Labute approximate surface area is 86.2 Å². The molecule has 0 unspecified atom stereocenters. The minimum Gasteiger partial charge on any atom is -0.323 e. The standard InChI is InChI=1S/C3H2Br4O2/c4-2(5)3(6,7)9-1-8-2/h1H2. The highest BCUT2D eigenvalue weighted by atomic mass is 79.9. The molecule has 1 aliphatic rings. The van der Waals surface area contributed by atoms with Crippen molar-refractivity contribution in [1.29, 1.82) is 0 Å². The molecule has 0 aromatic rings. The molecule has 0 atom stereocenters. The third-order valence-electron chi connectivity index (χ3n) is 0.819. The van der Waals surface area contributed by atoms with Crippen LogP contribution in [0.1, 0.15) is 0 Å². The van der Waals surface area contributed by atoms with Gasteiger partial charge in [-0.05, 0) is 63.7 Å². The van der Waals surface area contributed by atoms with Crippen molar-refractivity contribution in [2.24, 2.45) is 0 Å². The SMILES string of the molecule is BrC1(Br)OCOC1(Br)Br. The average Bonchev–Trinajstić information content (AvgIpc) is 1.81. The van der Waals surface area contributed by atoms with Crippen molar-refractivity contribution in [2.45, 2.75) is 6.84 Å². The lowest BCUT2D eigenvalue weighted by Crippen LogP contribution is -2.29. The van der Waals surface area contributed by atoms with E-state index >= 15 is 0 Å². The zero-order valence-corrected chi connectivity index (χ0v) is 10.4. The number of ether oxygens (including phenoxy) is 2. The molecule has 54 valence electrons. The van der Waals surface area contributed by atoms with E-state index in [1.165, 1.54) is 0 Å². The molecule has 0 spiro atoms. The predicted molar refractivity (Wildman–Crippen MR) is 48.2 cm³/mol. The molecule has 0 aromatic carbocycles. The summed E-state index contributed by atoms with van der Waals surface area (Å²) in [6, 6.07) is 0. The van der Waals surface area contributed by atoms with E-state index in [1.54, 1.807) is 0 Å². The Morgan fingerprint density at radius 2 is 1.22 bits per heavy atom. The lowest BCUT2D eigenvalue weighted by Gasteiger charge is -2.21. The van der Waals surface area contributed by atoms with Gasteiger partial charge < -0.3 is 9.47 Å². The van der Waals surface area contributed by atoms with E-state index in [9.17, 15) is 0 Å². The second-order valence-corrected chi connectivity index (χ2v) is 8.04. The van der Waals surface area contributed by atoms with Crippen LogP contribution >= 0.6 is 63.7 Å². The first kappa shape index (κ1) is 8.93. The van der Waals surface area contributed by atoms with Gasteiger partial charge in [-0.2, -0.15) is 0 Å². The maximum atomic E-state index is 5.07. The minimum absolute atomic E-state index is 0.243. The van der Waals surface area contributed by atoms with Crippen molar-refractivity contribution < 1.29 is 9.47 Å². The normalized spacial score (nSPS) is 30.7. The third kappa shape index (κ3) is 1.70. The molecular formula is C3H2Br4O2. The Morgan fingerprint density at radius 1 is 0.889 bits per heavy atom. The molecule has 0 bridgehead atoms. The van der Waals surface area contributed by atoms with Crippen LogP contribution in [0.25, 0.3) is 0 Å². The first-order valence-electron chi connectivity index (χ1n) is 1.99. The average molecular weight is 390 g/mol. The van der Waals surface area contributed by atoms with Gasteiger partial charge in [0.1, 0.15) is 0 Å². The second-order valence-electron chi connectivity index (χ2n) is 1.44. The Balaban J connectivity index is 2.75. The van der Waals surface area contributed by atoms with Crippen LogP contribution in [-0.2, 0) is 9.47 Å². The number of rotatable bonds is 0. The summed E-state index contributed by atoms with van der Waals surface area (Å²) in [4.78, 5) is 0. The Morgan fingerprint density at radius 3 is 1.33 bits per heavy atom. The zero-order chi connectivity index (χ0) is 7.12. The van der Waals surface area contributed by atoms with Gasteiger partial charge in [0.25, 0.3) is 0 Å². The van der Waals surface area contributed by atoms with Gasteiger partial charge in [0.15, 0.2) is 6.79 Å². The number of alkyl halides is 4. The van der Waals surface area contributed by atoms with E-state index in [0.717, 1.165) is 0 Å². The zero-order valence-electron chi connectivity index (χ0n) is 4.04. The molecule has 6 heteroatoms. The third-order valence-corrected chi connectivity index (χ3v) is 6.10. The summed E-state index contributed by atoms with van der Waals surface area (Å²) in [5, 5.41) is 0. The first-order valence-corrected chi connectivity index (χ1v) is 5.16. The highest BCUT2D eigenvalue weighted by Crippen LogP contribution is 2.53. The molecule has 0 N–H and O–H groups in total. The van der Waals surface area contributed by atoms with Crippen molar-refractivity contribution in [3.05, 3.63) is 0 Å². The maximum Gasteiger partial charge on any atom is 0.229 e. The molecule has 1 fully saturated rings. The van der Waals surface area contributed by atoms with Crippen LogP contribution in [0.5, 0.6) is 0 Å². The van der Waals surface area contributed by atoms with Crippen LogP contribution in [0.3, 0.4) is 0 Å². The fourth-order valence-corrected chi connectivity index (χ4v) is 1.18. The van der Waals surface area contributed by atoms with Gasteiger partial charge in [0.05, 0.1) is 0 Å². The second kappa shape index (κ2) is 2.71. The van der Waals surface area contributed by atoms with Gasteiger partial charge >= 0.3 is 0 Å². The number of halogens is 4. The van der Waals surface area contributed by atoms with Crippen LogP contribution in [-0.4, -0.2) is 13.6 Å². The van der Waals surface area contributed by atoms with Gasteiger partial charge in [-0.1, -0.05) is 0 Å². The van der Waals surface area contributed by atoms with Gasteiger partial charge in [0.2, 0.25) is 6.84 Å². The van der Waals surface area contributed by atoms with Gasteiger partial charge in [0, 0.05) is 0 Å². The summed E-state index contributed by atoms with van der Waals surface area (Å²) in [5.74, 6) is 0. The number of hydrogen-bond acceptors (Lipinski definition) is 2. The van der Waals surface area contributed by atoms with E-state index in [2.05, 4.69) is 63.7 Å². The Kier molecular flexibility index (Phi) is 2.69. The predicted octanol–water partition coefficient (Wildman–Crippen LogP) is 2.88. The van der Waals surface area contributed by atoms with Crippen molar-refractivity contribution in [1.82, 2.24) is 0 Å². The van der Waals surface area contributed by atoms with E-state index < -0.39 is 6.84 Å². The molecule has 1 rings (SSSR count). The summed E-state index contributed by atoms with van der Waals surface area (Å²) in [5.41, 5.74) is 0. The highest BCUT2D eigenvalue weighted by molar-refractivity contribution is 9.30. The monoisotopic (exact) mass is 386 g/mol. The molecule has 0 aromatic heterocycles.